The Labute approximate surface area is 173 Å². The highest BCUT2D eigenvalue weighted by Gasteiger charge is 2.31. The van der Waals surface area contributed by atoms with Gasteiger partial charge in [0.1, 0.15) is 18.4 Å². The molecule has 0 saturated carbocycles. The van der Waals surface area contributed by atoms with E-state index in [9.17, 15) is 13.2 Å². The van der Waals surface area contributed by atoms with E-state index < -0.39 is 16.1 Å². The molecule has 0 radical (unpaired) electrons. The van der Waals surface area contributed by atoms with Crippen molar-refractivity contribution < 1.29 is 17.9 Å². The molecule has 2 aromatic rings. The number of nitrogens with zero attached hydrogens (tertiary/aromatic N) is 1. The van der Waals surface area contributed by atoms with Gasteiger partial charge in [-0.3, -0.25) is 9.10 Å². The lowest BCUT2D eigenvalue weighted by Gasteiger charge is -2.30. The molecule has 0 saturated heterocycles. The molecule has 1 atom stereocenters. The van der Waals surface area contributed by atoms with Crippen molar-refractivity contribution in [3.05, 3.63) is 59.2 Å². The first kappa shape index (κ1) is 22.7. The predicted molar refractivity (Wildman–Crippen MR) is 117 cm³/mol. The number of aryl methyl sites for hydroxylation is 3. The number of rotatable bonds is 9. The zero-order valence-corrected chi connectivity index (χ0v) is 18.5. The zero-order chi connectivity index (χ0) is 21.6. The molecule has 0 aliphatic carbocycles. The van der Waals surface area contributed by atoms with Crippen LogP contribution in [0.15, 0.2) is 42.5 Å². The number of hydrogen-bond donors (Lipinski definition) is 1. The SMILES string of the molecule is CC[C@H](C(=O)NCCOc1cc(C)ccc1C)N(c1cccc(C)c1)S(C)(=O)=O. The van der Waals surface area contributed by atoms with E-state index in [0.29, 0.717) is 18.7 Å². The van der Waals surface area contributed by atoms with Crippen LogP contribution < -0.4 is 14.4 Å². The van der Waals surface area contributed by atoms with E-state index >= 15 is 0 Å². The zero-order valence-electron chi connectivity index (χ0n) is 17.7. The molecule has 0 heterocycles. The summed E-state index contributed by atoms with van der Waals surface area (Å²) in [5.41, 5.74) is 3.54. The van der Waals surface area contributed by atoms with E-state index in [4.69, 9.17) is 4.74 Å². The van der Waals surface area contributed by atoms with Gasteiger partial charge < -0.3 is 10.1 Å². The van der Waals surface area contributed by atoms with Crippen molar-refractivity contribution in [1.82, 2.24) is 5.32 Å². The molecule has 0 aromatic heterocycles. The lowest BCUT2D eigenvalue weighted by atomic mass is 10.1. The van der Waals surface area contributed by atoms with Crippen LogP contribution in [0, 0.1) is 20.8 Å². The number of hydrogen-bond acceptors (Lipinski definition) is 4. The number of amides is 1. The molecule has 158 valence electrons. The highest BCUT2D eigenvalue weighted by Crippen LogP contribution is 2.23. The van der Waals surface area contributed by atoms with Crippen LogP contribution in [0.25, 0.3) is 0 Å². The summed E-state index contributed by atoms with van der Waals surface area (Å²) in [5, 5.41) is 2.80. The van der Waals surface area contributed by atoms with Crippen LogP contribution in [0.5, 0.6) is 5.75 Å². The van der Waals surface area contributed by atoms with Gasteiger partial charge in [0.2, 0.25) is 15.9 Å². The maximum atomic E-state index is 12.8. The van der Waals surface area contributed by atoms with Gasteiger partial charge >= 0.3 is 0 Å². The second-order valence-electron chi connectivity index (χ2n) is 7.23. The van der Waals surface area contributed by atoms with Crippen molar-refractivity contribution in [1.29, 1.82) is 0 Å². The lowest BCUT2D eigenvalue weighted by Crippen LogP contribution is -2.50. The van der Waals surface area contributed by atoms with Gasteiger partial charge in [-0.2, -0.15) is 0 Å². The minimum absolute atomic E-state index is 0.286. The van der Waals surface area contributed by atoms with Crippen LogP contribution in [-0.2, 0) is 14.8 Å². The van der Waals surface area contributed by atoms with E-state index in [-0.39, 0.29) is 12.5 Å². The fraction of sp³-hybridized carbons (Fsp3) is 0.409. The molecule has 2 aromatic carbocycles. The van der Waals surface area contributed by atoms with Crippen LogP contribution in [0.4, 0.5) is 5.69 Å². The summed E-state index contributed by atoms with van der Waals surface area (Å²) in [6, 6.07) is 12.3. The van der Waals surface area contributed by atoms with E-state index in [1.54, 1.807) is 25.1 Å². The molecule has 1 N–H and O–H groups in total. The van der Waals surface area contributed by atoms with Crippen molar-refractivity contribution in [2.24, 2.45) is 0 Å². The average Bonchev–Trinajstić information content (AvgIpc) is 2.64. The van der Waals surface area contributed by atoms with Crippen LogP contribution in [0.3, 0.4) is 0 Å². The highest BCUT2D eigenvalue weighted by molar-refractivity contribution is 7.92. The normalized spacial score (nSPS) is 12.3. The van der Waals surface area contributed by atoms with Gasteiger partial charge in [-0.15, -0.1) is 0 Å². The van der Waals surface area contributed by atoms with Crippen LogP contribution in [0.2, 0.25) is 0 Å². The minimum Gasteiger partial charge on any atom is -0.491 e. The van der Waals surface area contributed by atoms with E-state index in [1.807, 2.05) is 45.0 Å². The second-order valence-corrected chi connectivity index (χ2v) is 9.09. The maximum absolute atomic E-state index is 12.8. The summed E-state index contributed by atoms with van der Waals surface area (Å²) >= 11 is 0. The number of benzene rings is 2. The number of anilines is 1. The Morgan fingerprint density at radius 2 is 1.79 bits per heavy atom. The molecular formula is C22H30N2O4S. The Kier molecular flexibility index (Phi) is 7.67. The highest BCUT2D eigenvalue weighted by atomic mass is 32.2. The number of nitrogens with one attached hydrogen (secondary N) is 1. The van der Waals surface area contributed by atoms with Crippen molar-refractivity contribution in [3.8, 4) is 5.75 Å². The number of sulfonamides is 1. The molecule has 7 heteroatoms. The standard InChI is InChI=1S/C22H30N2O4S/c1-6-20(24(29(5,26)27)19-9-7-8-16(2)14-19)22(25)23-12-13-28-21-15-17(3)10-11-18(21)4/h7-11,14-15,20H,6,12-13H2,1-5H3,(H,23,25)/t20-/m1/s1. The van der Waals surface area contributed by atoms with E-state index in [1.165, 1.54) is 4.31 Å². The van der Waals surface area contributed by atoms with Crippen LogP contribution in [-0.4, -0.2) is 39.8 Å². The molecule has 0 fully saturated rings. The summed E-state index contributed by atoms with van der Waals surface area (Å²) in [5.74, 6) is 0.438. The van der Waals surface area contributed by atoms with Crippen molar-refractivity contribution in [3.63, 3.8) is 0 Å². The molecule has 0 aliphatic heterocycles. The Balaban J connectivity index is 2.06. The molecule has 0 bridgehead atoms. The third-order valence-corrected chi connectivity index (χ3v) is 5.77. The summed E-state index contributed by atoms with van der Waals surface area (Å²) < 4.78 is 31.9. The Hall–Kier alpha value is -2.54. The smallest absolute Gasteiger partial charge is 0.244 e. The summed E-state index contributed by atoms with van der Waals surface area (Å²) in [7, 11) is -3.63. The minimum atomic E-state index is -3.63. The molecule has 29 heavy (non-hydrogen) atoms. The lowest BCUT2D eigenvalue weighted by molar-refractivity contribution is -0.122. The van der Waals surface area contributed by atoms with Gasteiger partial charge in [-0.05, 0) is 62.1 Å². The van der Waals surface area contributed by atoms with Gasteiger partial charge in [0.15, 0.2) is 0 Å². The maximum Gasteiger partial charge on any atom is 0.244 e. The van der Waals surface area contributed by atoms with Gasteiger partial charge in [-0.25, -0.2) is 8.42 Å². The predicted octanol–water partition coefficient (Wildman–Crippen LogP) is 3.35. The van der Waals surface area contributed by atoms with Crippen LogP contribution >= 0.6 is 0 Å². The van der Waals surface area contributed by atoms with Crippen LogP contribution in [0.1, 0.15) is 30.0 Å². The van der Waals surface area contributed by atoms with Crippen molar-refractivity contribution in [2.75, 3.05) is 23.7 Å². The first-order valence-corrected chi connectivity index (χ1v) is 11.5. The molecule has 0 aliphatic rings. The van der Waals surface area contributed by atoms with E-state index in [2.05, 4.69) is 5.32 Å². The Morgan fingerprint density at radius 3 is 2.41 bits per heavy atom. The summed E-state index contributed by atoms with van der Waals surface area (Å²) in [4.78, 5) is 12.8. The second kappa shape index (κ2) is 9.78. The number of ether oxygens (including phenoxy) is 1. The van der Waals surface area contributed by atoms with Crippen molar-refractivity contribution in [2.45, 2.75) is 40.2 Å². The van der Waals surface area contributed by atoms with Gasteiger partial charge in [0.05, 0.1) is 18.5 Å². The molecule has 0 unspecified atom stereocenters. The van der Waals surface area contributed by atoms with Gasteiger partial charge in [0, 0.05) is 0 Å². The number of carbonyl (C=O) groups excluding carboxylic acids is 1. The third-order valence-electron chi connectivity index (χ3n) is 4.59. The molecule has 2 rings (SSSR count). The molecular weight excluding hydrogens is 388 g/mol. The third kappa shape index (κ3) is 6.22. The average molecular weight is 419 g/mol. The summed E-state index contributed by atoms with van der Waals surface area (Å²) in [6.07, 6.45) is 1.47. The Morgan fingerprint density at radius 1 is 1.10 bits per heavy atom. The monoisotopic (exact) mass is 418 g/mol. The number of carbonyl (C=O) groups is 1. The summed E-state index contributed by atoms with van der Waals surface area (Å²) in [6.45, 7) is 8.22. The van der Waals surface area contributed by atoms with E-state index in [0.717, 1.165) is 28.7 Å². The topological polar surface area (TPSA) is 75.7 Å². The quantitative estimate of drug-likeness (QED) is 0.634. The fourth-order valence-corrected chi connectivity index (χ4v) is 4.34. The Bertz CT molecular complexity index is 957. The fourth-order valence-electron chi connectivity index (χ4n) is 3.14. The first-order valence-electron chi connectivity index (χ1n) is 9.67. The largest absolute Gasteiger partial charge is 0.491 e. The first-order chi connectivity index (χ1) is 13.6. The van der Waals surface area contributed by atoms with Crippen molar-refractivity contribution >= 4 is 21.6 Å². The molecule has 6 nitrogen and oxygen atoms in total. The van der Waals surface area contributed by atoms with Gasteiger partial charge in [0.25, 0.3) is 0 Å². The van der Waals surface area contributed by atoms with Gasteiger partial charge in [-0.1, -0.05) is 31.2 Å². The molecule has 1 amide bonds. The molecule has 0 spiro atoms.